The van der Waals surface area contributed by atoms with Crippen LogP contribution in [0.15, 0.2) is 48.5 Å². The Morgan fingerprint density at radius 1 is 1.22 bits per heavy atom. The number of amides is 1. The zero-order valence-electron chi connectivity index (χ0n) is 14.8. The van der Waals surface area contributed by atoms with E-state index in [-0.39, 0.29) is 11.8 Å². The maximum Gasteiger partial charge on any atom is 0.226 e. The number of anilines is 2. The minimum absolute atomic E-state index is 0.0883. The van der Waals surface area contributed by atoms with Crippen LogP contribution in [-0.2, 0) is 11.4 Å². The summed E-state index contributed by atoms with van der Waals surface area (Å²) in [6, 6.07) is 15.6. The summed E-state index contributed by atoms with van der Waals surface area (Å²) in [6.07, 6.45) is 0.309. The summed E-state index contributed by atoms with van der Waals surface area (Å²) >= 11 is 1.39. The lowest BCUT2D eigenvalue weighted by molar-refractivity contribution is -0.116. The summed E-state index contributed by atoms with van der Waals surface area (Å²) < 4.78 is 11.7. The van der Waals surface area contributed by atoms with Crippen LogP contribution in [0.5, 0.6) is 11.5 Å². The van der Waals surface area contributed by atoms with E-state index in [4.69, 9.17) is 15.2 Å². The summed E-state index contributed by atoms with van der Waals surface area (Å²) in [4.78, 5) is 17.4. The van der Waals surface area contributed by atoms with Gasteiger partial charge in [-0.25, -0.2) is 4.98 Å². The molecule has 0 spiro atoms. The molecule has 4 rings (SSSR count). The number of methoxy groups -OCH3 is 1. The van der Waals surface area contributed by atoms with Crippen molar-refractivity contribution in [1.29, 1.82) is 0 Å². The molecule has 1 aliphatic rings. The molecule has 3 N–H and O–H groups in total. The highest BCUT2D eigenvalue weighted by Gasteiger charge is 2.32. The summed E-state index contributed by atoms with van der Waals surface area (Å²) in [5.74, 6) is 1.55. The summed E-state index contributed by atoms with van der Waals surface area (Å²) in [5, 5.41) is 3.23. The lowest BCUT2D eigenvalue weighted by Gasteiger charge is -2.24. The Bertz CT molecular complexity index is 972. The van der Waals surface area contributed by atoms with Gasteiger partial charge in [-0.2, -0.15) is 0 Å². The number of thiazole rings is 1. The number of hydrogen-bond acceptors (Lipinski definition) is 6. The number of nitrogens with one attached hydrogen (secondary N) is 1. The van der Waals surface area contributed by atoms with Crippen molar-refractivity contribution in [3.63, 3.8) is 0 Å². The standard InChI is InChI=1S/C20H19N3O3S/c1-25-15-9-5-8-13(17(15)26-11-12-6-3-2-4-7-12)14-10-16(24)22-19-18(14)27-20(21)23-19/h2-9,14H,10-11H2,1H3,(H2,21,23)(H,22,24)/t14-/m0/s1. The molecule has 0 saturated heterocycles. The van der Waals surface area contributed by atoms with Gasteiger partial charge in [0.1, 0.15) is 12.4 Å². The molecule has 3 aromatic rings. The smallest absolute Gasteiger partial charge is 0.226 e. The van der Waals surface area contributed by atoms with Crippen molar-refractivity contribution in [3.8, 4) is 11.5 Å². The van der Waals surface area contributed by atoms with Crippen LogP contribution in [0.2, 0.25) is 0 Å². The van der Waals surface area contributed by atoms with Gasteiger partial charge >= 0.3 is 0 Å². The predicted octanol–water partition coefficient (Wildman–Crippen LogP) is 3.79. The Hall–Kier alpha value is -3.06. The molecule has 2 aromatic carbocycles. The lowest BCUT2D eigenvalue weighted by Crippen LogP contribution is -2.23. The normalized spacial score (nSPS) is 15.7. The molecule has 138 valence electrons. The third kappa shape index (κ3) is 3.46. The first-order valence-corrected chi connectivity index (χ1v) is 9.37. The van der Waals surface area contributed by atoms with Crippen LogP contribution >= 0.6 is 11.3 Å². The number of carbonyl (C=O) groups excluding carboxylic acids is 1. The van der Waals surface area contributed by atoms with Crippen molar-refractivity contribution < 1.29 is 14.3 Å². The first-order chi connectivity index (χ1) is 13.2. The van der Waals surface area contributed by atoms with E-state index in [2.05, 4.69) is 10.3 Å². The Morgan fingerprint density at radius 2 is 2.04 bits per heavy atom. The largest absolute Gasteiger partial charge is 0.493 e. The van der Waals surface area contributed by atoms with Gasteiger partial charge in [0, 0.05) is 17.9 Å². The number of fused-ring (bicyclic) bond motifs is 1. The second-order valence-electron chi connectivity index (χ2n) is 6.22. The third-order valence-corrected chi connectivity index (χ3v) is 5.46. The number of carbonyl (C=O) groups is 1. The lowest BCUT2D eigenvalue weighted by atomic mass is 9.90. The Kier molecular flexibility index (Phi) is 4.68. The van der Waals surface area contributed by atoms with Crippen molar-refractivity contribution in [1.82, 2.24) is 4.98 Å². The van der Waals surface area contributed by atoms with Crippen LogP contribution in [0.4, 0.5) is 10.9 Å². The van der Waals surface area contributed by atoms with Gasteiger partial charge in [0.2, 0.25) is 5.91 Å². The molecular weight excluding hydrogens is 362 g/mol. The number of nitrogens with two attached hydrogens (primary N) is 1. The summed E-state index contributed by atoms with van der Waals surface area (Å²) in [7, 11) is 1.61. The van der Waals surface area contributed by atoms with Crippen LogP contribution in [0.25, 0.3) is 0 Å². The van der Waals surface area contributed by atoms with Crippen LogP contribution in [0, 0.1) is 0 Å². The van der Waals surface area contributed by atoms with E-state index in [0.717, 1.165) is 16.0 Å². The number of hydrogen-bond donors (Lipinski definition) is 2. The SMILES string of the molecule is COc1cccc([C@@H]2CC(=O)Nc3nc(N)sc32)c1OCc1ccccc1. The van der Waals surface area contributed by atoms with E-state index in [1.165, 1.54) is 11.3 Å². The van der Waals surface area contributed by atoms with Gasteiger partial charge in [-0.05, 0) is 11.6 Å². The highest BCUT2D eigenvalue weighted by atomic mass is 32.1. The number of ether oxygens (including phenoxy) is 2. The van der Waals surface area contributed by atoms with Crippen molar-refractivity contribution in [3.05, 3.63) is 64.5 Å². The van der Waals surface area contributed by atoms with Gasteiger partial charge in [-0.1, -0.05) is 53.8 Å². The molecule has 1 aromatic heterocycles. The van der Waals surface area contributed by atoms with E-state index in [9.17, 15) is 4.79 Å². The third-order valence-electron chi connectivity index (χ3n) is 4.46. The molecule has 1 amide bonds. The van der Waals surface area contributed by atoms with E-state index in [0.29, 0.717) is 35.5 Å². The fraction of sp³-hybridized carbons (Fsp3) is 0.200. The summed E-state index contributed by atoms with van der Waals surface area (Å²) in [6.45, 7) is 0.408. The quantitative estimate of drug-likeness (QED) is 0.702. The summed E-state index contributed by atoms with van der Waals surface area (Å²) in [5.41, 5.74) is 7.82. The van der Waals surface area contributed by atoms with Gasteiger partial charge in [0.25, 0.3) is 0 Å². The highest BCUT2D eigenvalue weighted by molar-refractivity contribution is 7.16. The minimum Gasteiger partial charge on any atom is -0.493 e. The van der Waals surface area contributed by atoms with Crippen LogP contribution in [0.1, 0.15) is 28.3 Å². The molecule has 1 atom stereocenters. The molecule has 7 heteroatoms. The van der Waals surface area contributed by atoms with Gasteiger partial charge in [0.05, 0.1) is 12.0 Å². The topological polar surface area (TPSA) is 86.5 Å². The Morgan fingerprint density at radius 3 is 2.81 bits per heavy atom. The molecule has 0 unspecified atom stereocenters. The average Bonchev–Trinajstić information content (AvgIpc) is 3.06. The molecule has 0 fully saturated rings. The van der Waals surface area contributed by atoms with Gasteiger partial charge < -0.3 is 20.5 Å². The first kappa shape index (κ1) is 17.4. The monoisotopic (exact) mass is 381 g/mol. The fourth-order valence-electron chi connectivity index (χ4n) is 3.24. The van der Waals surface area contributed by atoms with Crippen LogP contribution in [0.3, 0.4) is 0 Å². The molecular formula is C20H19N3O3S. The predicted molar refractivity (Wildman–Crippen MR) is 105 cm³/mol. The van der Waals surface area contributed by atoms with E-state index < -0.39 is 0 Å². The number of rotatable bonds is 5. The second kappa shape index (κ2) is 7.28. The van der Waals surface area contributed by atoms with E-state index in [1.807, 2.05) is 48.5 Å². The number of benzene rings is 2. The highest BCUT2D eigenvalue weighted by Crippen LogP contribution is 2.46. The van der Waals surface area contributed by atoms with Gasteiger partial charge in [0.15, 0.2) is 16.6 Å². The van der Waals surface area contributed by atoms with Crippen LogP contribution in [-0.4, -0.2) is 18.0 Å². The van der Waals surface area contributed by atoms with Gasteiger partial charge in [-0.3, -0.25) is 4.79 Å². The van der Waals surface area contributed by atoms with Crippen LogP contribution < -0.4 is 20.5 Å². The second-order valence-corrected chi connectivity index (χ2v) is 7.28. The zero-order chi connectivity index (χ0) is 18.8. The zero-order valence-corrected chi connectivity index (χ0v) is 15.6. The Labute approximate surface area is 161 Å². The maximum absolute atomic E-state index is 12.2. The molecule has 0 aliphatic carbocycles. The van der Waals surface area contributed by atoms with Crippen molar-refractivity contribution >= 4 is 28.2 Å². The number of aromatic nitrogens is 1. The number of para-hydroxylation sites is 1. The van der Waals surface area contributed by atoms with Gasteiger partial charge in [-0.15, -0.1) is 0 Å². The van der Waals surface area contributed by atoms with Crippen molar-refractivity contribution in [2.24, 2.45) is 0 Å². The fourth-order valence-corrected chi connectivity index (χ4v) is 4.15. The molecule has 27 heavy (non-hydrogen) atoms. The minimum atomic E-state index is -0.176. The molecule has 0 bridgehead atoms. The number of nitrogens with zero attached hydrogens (tertiary/aromatic N) is 1. The Balaban J connectivity index is 1.73. The van der Waals surface area contributed by atoms with Crippen molar-refractivity contribution in [2.45, 2.75) is 18.9 Å². The first-order valence-electron chi connectivity index (χ1n) is 8.55. The molecule has 2 heterocycles. The molecule has 0 saturated carbocycles. The van der Waals surface area contributed by atoms with E-state index in [1.54, 1.807) is 7.11 Å². The number of nitrogen functional groups attached to an aromatic ring is 1. The van der Waals surface area contributed by atoms with E-state index >= 15 is 0 Å². The molecule has 1 aliphatic heterocycles. The molecule has 6 nitrogen and oxygen atoms in total. The average molecular weight is 381 g/mol. The molecule has 0 radical (unpaired) electrons. The maximum atomic E-state index is 12.2. The van der Waals surface area contributed by atoms with Crippen molar-refractivity contribution in [2.75, 3.05) is 18.2 Å².